The summed E-state index contributed by atoms with van der Waals surface area (Å²) >= 11 is 0. The zero-order valence-corrected chi connectivity index (χ0v) is 12.0. The van der Waals surface area contributed by atoms with Crippen LogP contribution in [-0.2, 0) is 25.5 Å². The first-order valence-electron chi connectivity index (χ1n) is 5.76. The average molecular weight is 334 g/mol. The summed E-state index contributed by atoms with van der Waals surface area (Å²) in [5, 5.41) is 46.3. The van der Waals surface area contributed by atoms with Crippen molar-refractivity contribution in [1.29, 1.82) is 0 Å². The van der Waals surface area contributed by atoms with E-state index in [-0.39, 0.29) is 11.5 Å². The molecule has 0 spiro atoms. The molecule has 0 bridgehead atoms. The van der Waals surface area contributed by atoms with Crippen LogP contribution in [0.1, 0.15) is 0 Å². The van der Waals surface area contributed by atoms with Crippen molar-refractivity contribution in [2.45, 2.75) is 29.7 Å². The van der Waals surface area contributed by atoms with Gasteiger partial charge in [-0.15, -0.1) is 0 Å². The van der Waals surface area contributed by atoms with Gasteiger partial charge < -0.3 is 30.1 Å². The Morgan fingerprint density at radius 2 is 1.95 bits per heavy atom. The van der Waals surface area contributed by atoms with E-state index in [2.05, 4.69) is 4.18 Å². The van der Waals surface area contributed by atoms with Gasteiger partial charge in [0.05, 0.1) is 13.2 Å². The van der Waals surface area contributed by atoms with Gasteiger partial charge in [-0.2, -0.15) is 0 Å². The van der Waals surface area contributed by atoms with Crippen molar-refractivity contribution < 1.29 is 42.7 Å². The molecule has 1 aliphatic rings. The minimum absolute atomic E-state index is 0.111. The van der Waals surface area contributed by atoms with Crippen LogP contribution >= 0.6 is 0 Å². The van der Waals surface area contributed by atoms with E-state index in [1.54, 1.807) is 0 Å². The van der Waals surface area contributed by atoms with E-state index >= 15 is 0 Å². The minimum Gasteiger partial charge on any atom is -0.726 e. The monoisotopic (exact) mass is 334 g/mol. The van der Waals surface area contributed by atoms with E-state index in [1.165, 1.54) is 0 Å². The third-order valence-electron chi connectivity index (χ3n) is 3.00. The van der Waals surface area contributed by atoms with Crippen molar-refractivity contribution in [3.05, 3.63) is 0 Å². The Morgan fingerprint density at radius 3 is 2.40 bits per heavy atom. The summed E-state index contributed by atoms with van der Waals surface area (Å²) in [6.45, 7) is -1.28. The molecule has 11 heteroatoms. The second-order valence-corrected chi connectivity index (χ2v) is 7.80. The predicted molar refractivity (Wildman–Crippen MR) is 67.6 cm³/mol. The Hall–Kier alpha value is 0.0200. The zero-order chi connectivity index (χ0) is 15.5. The van der Waals surface area contributed by atoms with Gasteiger partial charge in [-0.3, -0.25) is 4.18 Å². The molecule has 6 atom stereocenters. The van der Waals surface area contributed by atoms with Gasteiger partial charge in [-0.1, -0.05) is 0 Å². The standard InChI is InChI=1S/C9H18O9S2/c10-1-7(18-20(15,16)17)5(12)3-19-4-6(13)9(14)8(19)2-11/h5-14H,1-4H2/t5-,6+,7+,8-,9-,19?/m1/s1. The molecule has 0 aliphatic carbocycles. The molecule has 0 aromatic rings. The molecule has 1 heterocycles. The molecule has 1 saturated heterocycles. The summed E-state index contributed by atoms with van der Waals surface area (Å²) in [5.74, 6) is 0.0197. The summed E-state index contributed by atoms with van der Waals surface area (Å²) < 4.78 is 35.4. The Bertz CT molecular complexity index is 400. The Morgan fingerprint density at radius 1 is 1.35 bits per heavy atom. The maximum absolute atomic E-state index is 10.4. The first-order valence-corrected chi connectivity index (χ1v) is 8.71. The zero-order valence-electron chi connectivity index (χ0n) is 10.4. The first-order chi connectivity index (χ1) is 9.19. The molecule has 1 unspecified atom stereocenters. The number of hydrogen-bond acceptors (Lipinski definition) is 9. The second kappa shape index (κ2) is 7.33. The van der Waals surface area contributed by atoms with Gasteiger partial charge in [-0.05, 0) is 0 Å². The number of aliphatic hydroxyl groups excluding tert-OH is 5. The summed E-state index contributed by atoms with van der Waals surface area (Å²) in [7, 11) is -5.86. The maximum atomic E-state index is 10.4. The molecule has 20 heavy (non-hydrogen) atoms. The van der Waals surface area contributed by atoms with Gasteiger partial charge in [0.25, 0.3) is 0 Å². The first kappa shape index (κ1) is 18.1. The molecular weight excluding hydrogens is 316 g/mol. The topological polar surface area (TPSA) is 168 Å². The van der Waals surface area contributed by atoms with Crippen LogP contribution in [0.25, 0.3) is 0 Å². The van der Waals surface area contributed by atoms with E-state index in [9.17, 15) is 28.3 Å². The molecule has 9 nitrogen and oxygen atoms in total. The van der Waals surface area contributed by atoms with Crippen LogP contribution in [0.15, 0.2) is 0 Å². The summed E-state index contributed by atoms with van der Waals surface area (Å²) in [6.07, 6.45) is -5.26. The quantitative estimate of drug-likeness (QED) is 0.176. The van der Waals surface area contributed by atoms with E-state index in [0.717, 1.165) is 0 Å². The van der Waals surface area contributed by atoms with E-state index < -0.39 is 64.2 Å². The Balaban J connectivity index is 2.66. The largest absolute Gasteiger partial charge is 0.726 e. The van der Waals surface area contributed by atoms with Crippen LogP contribution in [0.5, 0.6) is 0 Å². The highest BCUT2D eigenvalue weighted by Crippen LogP contribution is 2.25. The lowest BCUT2D eigenvalue weighted by Gasteiger charge is -2.22. The van der Waals surface area contributed by atoms with Crippen LogP contribution in [0.2, 0.25) is 0 Å². The van der Waals surface area contributed by atoms with Gasteiger partial charge in [0.15, 0.2) is 5.25 Å². The van der Waals surface area contributed by atoms with Crippen molar-refractivity contribution in [3.8, 4) is 0 Å². The molecule has 0 amide bonds. The van der Waals surface area contributed by atoms with Gasteiger partial charge in [-0.25, -0.2) is 8.42 Å². The lowest BCUT2D eigenvalue weighted by atomic mass is 10.2. The Kier molecular flexibility index (Phi) is 6.63. The number of rotatable bonds is 7. The maximum Gasteiger partial charge on any atom is 0.218 e. The highest BCUT2D eigenvalue weighted by Gasteiger charge is 2.50. The van der Waals surface area contributed by atoms with Gasteiger partial charge in [0, 0.05) is 10.9 Å². The molecule has 1 aliphatic heterocycles. The van der Waals surface area contributed by atoms with Crippen molar-refractivity contribution >= 4 is 21.3 Å². The fourth-order valence-electron chi connectivity index (χ4n) is 1.99. The fraction of sp³-hybridized carbons (Fsp3) is 1.00. The van der Waals surface area contributed by atoms with Crippen LogP contribution in [-0.4, -0.2) is 92.9 Å². The van der Waals surface area contributed by atoms with Crippen molar-refractivity contribution in [2.24, 2.45) is 0 Å². The molecule has 5 N–H and O–H groups in total. The molecule has 0 aromatic heterocycles. The van der Waals surface area contributed by atoms with E-state index in [0.29, 0.717) is 0 Å². The van der Waals surface area contributed by atoms with Gasteiger partial charge in [0.2, 0.25) is 10.4 Å². The smallest absolute Gasteiger partial charge is 0.218 e. The van der Waals surface area contributed by atoms with Gasteiger partial charge in [0.1, 0.15) is 35.9 Å². The SMILES string of the molecule is O=S(=O)([O-])O[C@@H](CO)[C@H](O)C[S+]1C[C@H](O)[C@@H](O)[C@H]1CO. The van der Waals surface area contributed by atoms with Crippen molar-refractivity contribution in [1.82, 2.24) is 0 Å². The van der Waals surface area contributed by atoms with Crippen molar-refractivity contribution in [3.63, 3.8) is 0 Å². The van der Waals surface area contributed by atoms with E-state index in [4.69, 9.17) is 10.2 Å². The normalized spacial score (nSPS) is 34.1. The Labute approximate surface area is 119 Å². The third-order valence-corrected chi connectivity index (χ3v) is 6.31. The number of aliphatic hydroxyl groups is 5. The number of hydrogen-bond donors (Lipinski definition) is 5. The molecule has 0 saturated carbocycles. The van der Waals surface area contributed by atoms with Crippen LogP contribution < -0.4 is 0 Å². The van der Waals surface area contributed by atoms with Crippen molar-refractivity contribution in [2.75, 3.05) is 24.7 Å². The molecule has 1 fully saturated rings. The van der Waals surface area contributed by atoms with Gasteiger partial charge >= 0.3 is 0 Å². The summed E-state index contributed by atoms with van der Waals surface area (Å²) in [5.41, 5.74) is 0. The lowest BCUT2D eigenvalue weighted by Crippen LogP contribution is -2.42. The average Bonchev–Trinajstić information content (AvgIpc) is 2.60. The van der Waals surface area contributed by atoms with Crippen LogP contribution in [0.3, 0.4) is 0 Å². The molecule has 1 rings (SSSR count). The lowest BCUT2D eigenvalue weighted by molar-refractivity contribution is 0.0105. The molecule has 0 radical (unpaired) electrons. The summed E-state index contributed by atoms with van der Waals surface area (Å²) in [4.78, 5) is 0. The van der Waals surface area contributed by atoms with E-state index in [1.807, 2.05) is 0 Å². The third kappa shape index (κ3) is 4.79. The molecule has 120 valence electrons. The fourth-order valence-corrected chi connectivity index (χ4v) is 5.18. The van der Waals surface area contributed by atoms with Crippen LogP contribution in [0.4, 0.5) is 0 Å². The minimum atomic E-state index is -5.07. The molecule has 0 aromatic carbocycles. The second-order valence-electron chi connectivity index (χ2n) is 4.44. The molecular formula is C9H18O9S2. The predicted octanol–water partition coefficient (Wildman–Crippen LogP) is -4.10. The highest BCUT2D eigenvalue weighted by molar-refractivity contribution is 7.97. The highest BCUT2D eigenvalue weighted by atomic mass is 32.3. The van der Waals surface area contributed by atoms with Crippen LogP contribution in [0, 0.1) is 0 Å². The summed E-state index contributed by atoms with van der Waals surface area (Å²) in [6, 6.07) is 0.